The first-order valence-corrected chi connectivity index (χ1v) is 9.05. The molecular weight excluding hydrogens is 228 g/mol. The summed E-state index contributed by atoms with van der Waals surface area (Å²) in [6, 6.07) is 0. The summed E-state index contributed by atoms with van der Waals surface area (Å²) in [5.74, 6) is 3.23. The van der Waals surface area contributed by atoms with Crippen LogP contribution in [0.25, 0.3) is 0 Å². The van der Waals surface area contributed by atoms with E-state index >= 15 is 0 Å². The molecule has 0 aromatic rings. The molecule has 0 spiro atoms. The van der Waals surface area contributed by atoms with Gasteiger partial charge >= 0.3 is 0 Å². The second kappa shape index (κ2) is 4.64. The van der Waals surface area contributed by atoms with E-state index in [-0.39, 0.29) is 0 Å². The average molecular weight is 258 g/mol. The summed E-state index contributed by atoms with van der Waals surface area (Å²) in [5, 5.41) is 0. The first kappa shape index (κ1) is 12.5. The third kappa shape index (κ3) is 1.78. The predicted octanol–water partition coefficient (Wildman–Crippen LogP) is 5.87. The van der Waals surface area contributed by atoms with Crippen molar-refractivity contribution < 1.29 is 0 Å². The maximum absolute atomic E-state index is 2.48. The quantitative estimate of drug-likeness (QED) is 0.516. The zero-order valence-electron chi connectivity index (χ0n) is 12.7. The fourth-order valence-electron chi connectivity index (χ4n) is 6.60. The third-order valence-corrected chi connectivity index (χ3v) is 7.52. The number of allylic oxidation sites excluding steroid dienone is 2. The minimum atomic E-state index is 0.786. The Hall–Kier alpha value is -0.260. The summed E-state index contributed by atoms with van der Waals surface area (Å²) in [4.78, 5) is 0. The molecule has 4 aliphatic carbocycles. The standard InChI is InChI=1S/C19H30/c1-2-19-12-5-8-18(19)17-10-9-14-6-3-4-7-15(14)16(17)11-13-19/h16-18H,2-13H2,1H3/t16-,17-,18+,19+/m1/s1. The number of rotatable bonds is 1. The SMILES string of the molecule is CC[C@@]12CCC[C@H]1[C@@H]1CCC3=C(CCCC3)[C@H]1CC2. The van der Waals surface area contributed by atoms with E-state index in [4.69, 9.17) is 0 Å². The van der Waals surface area contributed by atoms with E-state index in [0.717, 1.165) is 23.2 Å². The predicted molar refractivity (Wildman–Crippen MR) is 81.0 cm³/mol. The van der Waals surface area contributed by atoms with E-state index in [9.17, 15) is 0 Å². The summed E-state index contributed by atoms with van der Waals surface area (Å²) in [5.41, 5.74) is 4.70. The Balaban J connectivity index is 1.65. The monoisotopic (exact) mass is 258 g/mol. The number of hydrogen-bond donors (Lipinski definition) is 0. The van der Waals surface area contributed by atoms with Crippen molar-refractivity contribution in [1.29, 1.82) is 0 Å². The van der Waals surface area contributed by atoms with E-state index in [1.54, 1.807) is 32.1 Å². The molecule has 0 unspecified atom stereocenters. The molecule has 0 heterocycles. The van der Waals surface area contributed by atoms with Gasteiger partial charge in [0.25, 0.3) is 0 Å². The topological polar surface area (TPSA) is 0 Å². The molecule has 0 aromatic carbocycles. The van der Waals surface area contributed by atoms with Gasteiger partial charge in [-0.05, 0) is 87.4 Å². The lowest BCUT2D eigenvalue weighted by atomic mass is 9.53. The highest BCUT2D eigenvalue weighted by Gasteiger charge is 2.51. The van der Waals surface area contributed by atoms with Crippen molar-refractivity contribution >= 4 is 0 Å². The van der Waals surface area contributed by atoms with E-state index in [1.807, 2.05) is 11.1 Å². The first-order valence-electron chi connectivity index (χ1n) is 9.05. The van der Waals surface area contributed by atoms with E-state index in [1.165, 1.54) is 44.9 Å². The number of hydrogen-bond acceptors (Lipinski definition) is 0. The normalized spacial score (nSPS) is 45.6. The van der Waals surface area contributed by atoms with Gasteiger partial charge in [0.1, 0.15) is 0 Å². The fraction of sp³-hybridized carbons (Fsp3) is 0.895. The van der Waals surface area contributed by atoms with Crippen molar-refractivity contribution in [2.75, 3.05) is 0 Å². The molecule has 4 aliphatic rings. The van der Waals surface area contributed by atoms with Crippen molar-refractivity contribution in [1.82, 2.24) is 0 Å². The van der Waals surface area contributed by atoms with E-state index < -0.39 is 0 Å². The summed E-state index contributed by atoms with van der Waals surface area (Å²) in [7, 11) is 0. The van der Waals surface area contributed by atoms with Crippen molar-refractivity contribution in [2.24, 2.45) is 23.2 Å². The molecule has 0 N–H and O–H groups in total. The van der Waals surface area contributed by atoms with Crippen LogP contribution in [0.1, 0.15) is 84.0 Å². The van der Waals surface area contributed by atoms with Crippen LogP contribution in [0.3, 0.4) is 0 Å². The molecule has 2 saturated carbocycles. The first-order chi connectivity index (χ1) is 9.34. The Morgan fingerprint density at radius 1 is 0.947 bits per heavy atom. The second-order valence-corrected chi connectivity index (χ2v) is 7.90. The zero-order chi connectivity index (χ0) is 12.9. The van der Waals surface area contributed by atoms with Crippen molar-refractivity contribution in [3.8, 4) is 0 Å². The molecule has 4 atom stereocenters. The van der Waals surface area contributed by atoms with Gasteiger partial charge in [-0.25, -0.2) is 0 Å². The minimum Gasteiger partial charge on any atom is -0.0707 e. The molecule has 19 heavy (non-hydrogen) atoms. The Morgan fingerprint density at radius 2 is 1.84 bits per heavy atom. The molecule has 0 aliphatic heterocycles. The van der Waals surface area contributed by atoms with Gasteiger partial charge in [-0.3, -0.25) is 0 Å². The summed E-state index contributed by atoms with van der Waals surface area (Å²) in [6.45, 7) is 2.48. The van der Waals surface area contributed by atoms with Crippen molar-refractivity contribution in [3.05, 3.63) is 11.1 Å². The molecule has 0 bridgehead atoms. The molecule has 106 valence electrons. The van der Waals surface area contributed by atoms with Gasteiger partial charge < -0.3 is 0 Å². The molecule has 0 nitrogen and oxygen atoms in total. The number of fused-ring (bicyclic) bond motifs is 4. The zero-order valence-corrected chi connectivity index (χ0v) is 12.7. The highest BCUT2D eigenvalue weighted by atomic mass is 14.6. The van der Waals surface area contributed by atoms with Crippen LogP contribution in [-0.2, 0) is 0 Å². The van der Waals surface area contributed by atoms with Crippen molar-refractivity contribution in [2.45, 2.75) is 84.0 Å². The molecule has 0 saturated heterocycles. The molecule has 0 amide bonds. The molecule has 2 fully saturated rings. The Labute approximate surface area is 119 Å². The molecule has 0 heteroatoms. The van der Waals surface area contributed by atoms with E-state index in [2.05, 4.69) is 6.92 Å². The molecule has 0 aromatic heterocycles. The Bertz CT molecular complexity index is 391. The largest absolute Gasteiger partial charge is 0.0707 e. The van der Waals surface area contributed by atoms with Crippen LogP contribution in [0.5, 0.6) is 0 Å². The lowest BCUT2D eigenvalue weighted by molar-refractivity contribution is 0.0241. The van der Waals surface area contributed by atoms with Gasteiger partial charge in [-0.2, -0.15) is 0 Å². The summed E-state index contributed by atoms with van der Waals surface area (Å²) >= 11 is 0. The van der Waals surface area contributed by atoms with Gasteiger partial charge in [-0.1, -0.05) is 30.9 Å². The molecule has 0 radical (unpaired) electrons. The van der Waals surface area contributed by atoms with Crippen LogP contribution in [0.4, 0.5) is 0 Å². The average Bonchev–Trinajstić information content (AvgIpc) is 2.91. The van der Waals surface area contributed by atoms with Gasteiger partial charge in [-0.15, -0.1) is 0 Å². The van der Waals surface area contributed by atoms with Crippen LogP contribution in [0, 0.1) is 23.2 Å². The lowest BCUT2D eigenvalue weighted by Gasteiger charge is -2.52. The van der Waals surface area contributed by atoms with Crippen LogP contribution < -0.4 is 0 Å². The van der Waals surface area contributed by atoms with Gasteiger partial charge in [0.15, 0.2) is 0 Å². The van der Waals surface area contributed by atoms with E-state index in [0.29, 0.717) is 0 Å². The smallest absolute Gasteiger partial charge is 0.0169 e. The van der Waals surface area contributed by atoms with Crippen LogP contribution in [0.2, 0.25) is 0 Å². The highest BCUT2D eigenvalue weighted by molar-refractivity contribution is 5.25. The third-order valence-electron chi connectivity index (χ3n) is 7.52. The molecular formula is C19H30. The summed E-state index contributed by atoms with van der Waals surface area (Å²) < 4.78 is 0. The maximum atomic E-state index is 2.48. The summed E-state index contributed by atoms with van der Waals surface area (Å²) in [6.07, 6.45) is 18.2. The highest BCUT2D eigenvalue weighted by Crippen LogP contribution is 2.62. The fourth-order valence-corrected chi connectivity index (χ4v) is 6.60. The minimum absolute atomic E-state index is 0.786. The Morgan fingerprint density at radius 3 is 2.74 bits per heavy atom. The van der Waals surface area contributed by atoms with Gasteiger partial charge in [0.05, 0.1) is 0 Å². The molecule has 4 rings (SSSR count). The second-order valence-electron chi connectivity index (χ2n) is 7.90. The van der Waals surface area contributed by atoms with Crippen LogP contribution >= 0.6 is 0 Å². The van der Waals surface area contributed by atoms with Crippen LogP contribution in [-0.4, -0.2) is 0 Å². The maximum Gasteiger partial charge on any atom is -0.0169 e. The van der Waals surface area contributed by atoms with Crippen molar-refractivity contribution in [3.63, 3.8) is 0 Å². The van der Waals surface area contributed by atoms with Gasteiger partial charge in [0, 0.05) is 0 Å². The van der Waals surface area contributed by atoms with Crippen LogP contribution in [0.15, 0.2) is 11.1 Å². The Kier molecular flexibility index (Phi) is 3.05. The lowest BCUT2D eigenvalue weighted by Crippen LogP contribution is -2.42. The van der Waals surface area contributed by atoms with Gasteiger partial charge in [0.2, 0.25) is 0 Å².